The van der Waals surface area contributed by atoms with Crippen LogP contribution in [0.25, 0.3) is 0 Å². The van der Waals surface area contributed by atoms with Crippen molar-refractivity contribution in [2.75, 3.05) is 0 Å². The Kier molecular flexibility index (Phi) is 3.78. The number of nitrogens with one attached hydrogen (secondary N) is 2. The second-order valence-corrected chi connectivity index (χ2v) is 3.34. The van der Waals surface area contributed by atoms with E-state index < -0.39 is 27.4 Å². The van der Waals surface area contributed by atoms with Crippen LogP contribution >= 0.6 is 0 Å². The molecule has 10 heteroatoms. The lowest BCUT2D eigenvalue weighted by atomic mass is 10.4. The van der Waals surface area contributed by atoms with E-state index >= 15 is 0 Å². The maximum atomic E-state index is 10.9. The van der Waals surface area contributed by atoms with Crippen LogP contribution in [-0.2, 0) is 10.4 Å². The fourth-order valence-corrected chi connectivity index (χ4v) is 1.20. The topological polar surface area (TPSA) is 169 Å². The molecule has 6 N–H and O–H groups in total. The molecule has 0 saturated carbocycles. The van der Waals surface area contributed by atoms with Gasteiger partial charge in [-0.05, 0) is 6.92 Å². The second-order valence-electron chi connectivity index (χ2n) is 2.35. The van der Waals surface area contributed by atoms with Gasteiger partial charge in [-0.1, -0.05) is 0 Å². The molecule has 1 aromatic heterocycles. The summed E-state index contributed by atoms with van der Waals surface area (Å²) >= 11 is 0. The van der Waals surface area contributed by atoms with Gasteiger partial charge >= 0.3 is 5.69 Å². The lowest BCUT2D eigenvalue weighted by Crippen LogP contribution is -2.26. The maximum Gasteiger partial charge on any atom is 0.326 e. The van der Waals surface area contributed by atoms with Crippen molar-refractivity contribution < 1.29 is 17.2 Å². The predicted molar refractivity (Wildman–Crippen MR) is 48.7 cm³/mol. The quantitative estimate of drug-likeness (QED) is 0.422. The third-order valence-corrected chi connectivity index (χ3v) is 1.63. The van der Waals surface area contributed by atoms with Crippen LogP contribution < -0.4 is 21.6 Å². The van der Waals surface area contributed by atoms with Crippen molar-refractivity contribution in [3.63, 3.8) is 0 Å². The first kappa shape index (κ1) is 13.4. The molecule has 0 amide bonds. The van der Waals surface area contributed by atoms with Crippen molar-refractivity contribution in [3.8, 4) is 5.75 Å². The summed E-state index contributed by atoms with van der Waals surface area (Å²) in [5.74, 6) is -0.736. The average Bonchev–Trinajstić information content (AvgIpc) is 1.95. The summed E-state index contributed by atoms with van der Waals surface area (Å²) in [7, 11) is -5.03. The van der Waals surface area contributed by atoms with Gasteiger partial charge in [0, 0.05) is 0 Å². The summed E-state index contributed by atoms with van der Waals surface area (Å²) in [6, 6.07) is 0. The Hall–Kier alpha value is -1.65. The molecule has 0 spiro atoms. The number of aromatic amines is 2. The highest BCUT2D eigenvalue weighted by Crippen LogP contribution is 2.07. The van der Waals surface area contributed by atoms with Crippen LogP contribution in [0.5, 0.6) is 5.75 Å². The van der Waals surface area contributed by atoms with Crippen LogP contribution in [0.4, 0.5) is 0 Å². The highest BCUT2D eigenvalue weighted by atomic mass is 32.3. The van der Waals surface area contributed by atoms with Crippen LogP contribution in [0.2, 0.25) is 0 Å². The third-order valence-electron chi connectivity index (χ3n) is 1.26. The molecule has 0 aliphatic carbocycles. The Bertz CT molecular complexity index is 555. The van der Waals surface area contributed by atoms with Gasteiger partial charge < -0.3 is 19.9 Å². The van der Waals surface area contributed by atoms with E-state index in [2.05, 4.69) is 9.17 Å². The van der Waals surface area contributed by atoms with Crippen molar-refractivity contribution in [1.29, 1.82) is 0 Å². The van der Waals surface area contributed by atoms with E-state index in [4.69, 9.17) is 0 Å². The first-order valence-corrected chi connectivity index (χ1v) is 4.61. The van der Waals surface area contributed by atoms with Gasteiger partial charge in [-0.15, -0.1) is 0 Å². The summed E-state index contributed by atoms with van der Waals surface area (Å²) in [6.45, 7) is 1.22. The van der Waals surface area contributed by atoms with Crippen LogP contribution in [0.15, 0.2) is 9.59 Å². The van der Waals surface area contributed by atoms with Crippen molar-refractivity contribution in [2.24, 2.45) is 0 Å². The molecule has 0 unspecified atom stereocenters. The van der Waals surface area contributed by atoms with Crippen molar-refractivity contribution >= 4 is 10.4 Å². The molecular weight excluding hydrogens is 230 g/mol. The highest BCUT2D eigenvalue weighted by molar-refractivity contribution is 7.81. The third kappa shape index (κ3) is 3.53. The fourth-order valence-electron chi connectivity index (χ4n) is 0.791. The van der Waals surface area contributed by atoms with E-state index in [1.165, 1.54) is 6.92 Å². The van der Waals surface area contributed by atoms with Gasteiger partial charge in [-0.3, -0.25) is 9.78 Å². The van der Waals surface area contributed by atoms with E-state index in [-0.39, 0.29) is 11.8 Å². The molecule has 0 aliphatic rings. The Morgan fingerprint density at radius 1 is 1.27 bits per heavy atom. The fraction of sp³-hybridized carbons (Fsp3) is 0.200. The lowest BCUT2D eigenvalue weighted by molar-refractivity contribution is 0.368. The minimum atomic E-state index is -5.03. The van der Waals surface area contributed by atoms with Gasteiger partial charge in [0.15, 0.2) is 0 Å². The molecule has 0 aromatic carbocycles. The number of H-pyrrole nitrogens is 2. The molecule has 0 bridgehead atoms. The monoisotopic (exact) mass is 239 g/mol. The summed E-state index contributed by atoms with van der Waals surface area (Å²) in [4.78, 5) is 25.3. The van der Waals surface area contributed by atoms with E-state index in [1.807, 2.05) is 0 Å². The van der Waals surface area contributed by atoms with Crippen molar-refractivity contribution in [1.82, 2.24) is 16.1 Å². The van der Waals surface area contributed by atoms with Crippen LogP contribution in [-0.4, -0.2) is 22.9 Å². The molecule has 86 valence electrons. The highest BCUT2D eigenvalue weighted by Gasteiger charge is 2.09. The summed E-state index contributed by atoms with van der Waals surface area (Å²) in [5, 5.41) is 0. The van der Waals surface area contributed by atoms with Gasteiger partial charge in [0.2, 0.25) is 5.75 Å². The van der Waals surface area contributed by atoms with E-state index in [9.17, 15) is 22.6 Å². The van der Waals surface area contributed by atoms with Crippen molar-refractivity contribution in [3.05, 3.63) is 26.5 Å². The standard InChI is InChI=1S/C5H6N2O6S.H3N/c1-2-3(13-14(10,11)12)4(8)7-5(9)6-2;/h1H3,(H,10,11,12)(H2,6,7,8,9);1H3. The molecule has 0 aliphatic heterocycles. The Morgan fingerprint density at radius 2 is 1.80 bits per heavy atom. The molecule has 0 radical (unpaired) electrons. The molecule has 1 rings (SSSR count). The molecule has 0 saturated heterocycles. The number of aromatic nitrogens is 2. The predicted octanol–water partition coefficient (Wildman–Crippen LogP) is -1.41. The normalized spacial score (nSPS) is 10.5. The molecule has 1 aromatic rings. The number of rotatable bonds is 2. The average molecular weight is 239 g/mol. The number of hydrogen-bond donors (Lipinski definition) is 3. The molecule has 15 heavy (non-hydrogen) atoms. The van der Waals surface area contributed by atoms with Gasteiger partial charge in [-0.25, -0.2) is 13.2 Å². The van der Waals surface area contributed by atoms with Crippen LogP contribution in [0.1, 0.15) is 5.69 Å². The molecule has 0 atom stereocenters. The molecular formula is C5H9N3O6S. The van der Waals surface area contributed by atoms with Gasteiger partial charge in [0.1, 0.15) is 0 Å². The van der Waals surface area contributed by atoms with Gasteiger partial charge in [0.05, 0.1) is 5.69 Å². The molecule has 9 nitrogen and oxygen atoms in total. The van der Waals surface area contributed by atoms with Crippen LogP contribution in [0, 0.1) is 6.92 Å². The number of hydrogen-bond acceptors (Lipinski definition) is 6. The summed E-state index contributed by atoms with van der Waals surface area (Å²) < 4.78 is 34.3. The Labute approximate surface area is 83.6 Å². The zero-order valence-corrected chi connectivity index (χ0v) is 8.67. The number of quaternary nitrogens is 1. The first-order chi connectivity index (χ1) is 6.29. The zero-order chi connectivity index (χ0) is 10.9. The summed E-state index contributed by atoms with van der Waals surface area (Å²) in [5.41, 5.74) is -2.04. The SMILES string of the molecule is Cc1[nH]c(=O)[nH]c(=O)c1OS(=O)(=O)[O-].[NH4+]. The van der Waals surface area contributed by atoms with E-state index in [1.54, 1.807) is 4.98 Å². The van der Waals surface area contributed by atoms with E-state index in [0.717, 1.165) is 0 Å². The second kappa shape index (κ2) is 4.25. The van der Waals surface area contributed by atoms with Crippen LogP contribution in [0.3, 0.4) is 0 Å². The minimum Gasteiger partial charge on any atom is -0.716 e. The maximum absolute atomic E-state index is 10.9. The zero-order valence-electron chi connectivity index (χ0n) is 7.86. The summed E-state index contributed by atoms with van der Waals surface area (Å²) in [6.07, 6.45) is 0. The Morgan fingerprint density at radius 3 is 2.20 bits per heavy atom. The minimum absolute atomic E-state index is 0. The van der Waals surface area contributed by atoms with Gasteiger partial charge in [0.25, 0.3) is 16.0 Å². The smallest absolute Gasteiger partial charge is 0.326 e. The largest absolute Gasteiger partial charge is 0.716 e. The Balaban J connectivity index is 0.00000196. The van der Waals surface area contributed by atoms with E-state index in [0.29, 0.717) is 0 Å². The molecule has 1 heterocycles. The van der Waals surface area contributed by atoms with Crippen molar-refractivity contribution in [2.45, 2.75) is 6.92 Å². The number of aryl methyl sites for hydroxylation is 1. The first-order valence-electron chi connectivity index (χ1n) is 3.28. The van der Waals surface area contributed by atoms with Gasteiger partial charge in [-0.2, -0.15) is 0 Å². The lowest BCUT2D eigenvalue weighted by Gasteiger charge is -2.08. The molecule has 0 fully saturated rings.